The molecule has 0 saturated heterocycles. The Balaban J connectivity index is 3.29. The standard InChI is InChI=1S/C3H7NOSi/c1-6(2)4-3-5/h6H,1-2H3. The highest BCUT2D eigenvalue weighted by atomic mass is 28.3. The fourth-order valence-corrected chi connectivity index (χ4v) is 0.316. The first-order chi connectivity index (χ1) is 2.77. The van der Waals surface area contributed by atoms with Crippen molar-refractivity contribution >= 4 is 15.0 Å². The lowest BCUT2D eigenvalue weighted by Gasteiger charge is -1.78. The Bertz CT molecular complexity index is 74.9. The molecule has 0 radical (unpaired) electrons. The third kappa shape index (κ3) is 3.60. The van der Waals surface area contributed by atoms with E-state index in [4.69, 9.17) is 0 Å². The Labute approximate surface area is 38.6 Å². The molecule has 0 spiro atoms. The topological polar surface area (TPSA) is 29.4 Å². The zero-order chi connectivity index (χ0) is 4.99. The molecule has 6 heavy (non-hydrogen) atoms. The van der Waals surface area contributed by atoms with Gasteiger partial charge in [-0.1, -0.05) is 13.1 Å². The number of carbonyl (C=O) groups excluding carboxylic acids is 1. The molecule has 0 fully saturated rings. The van der Waals surface area contributed by atoms with E-state index in [1.54, 1.807) is 0 Å². The van der Waals surface area contributed by atoms with E-state index >= 15 is 0 Å². The van der Waals surface area contributed by atoms with E-state index in [2.05, 4.69) is 4.66 Å². The third-order valence-electron chi connectivity index (χ3n) is 0.311. The average molecular weight is 101 g/mol. The van der Waals surface area contributed by atoms with Crippen molar-refractivity contribution in [2.75, 3.05) is 0 Å². The molecular formula is C3H7NOSi. The predicted molar refractivity (Wildman–Crippen MR) is 27.0 cm³/mol. The lowest BCUT2D eigenvalue weighted by Crippen LogP contribution is -1.90. The van der Waals surface area contributed by atoms with Crippen LogP contribution >= 0.6 is 0 Å². The van der Waals surface area contributed by atoms with Crippen molar-refractivity contribution in [3.63, 3.8) is 0 Å². The first-order valence-corrected chi connectivity index (χ1v) is 4.67. The minimum absolute atomic E-state index is 0.969. The summed E-state index contributed by atoms with van der Waals surface area (Å²) in [5.74, 6) is 0. The van der Waals surface area contributed by atoms with Crippen LogP contribution in [0.4, 0.5) is 0 Å². The van der Waals surface area contributed by atoms with Gasteiger partial charge in [-0.2, -0.15) is 0 Å². The highest BCUT2D eigenvalue weighted by Gasteiger charge is 1.83. The van der Waals surface area contributed by atoms with Crippen LogP contribution in [0, 0.1) is 0 Å². The molecule has 0 aliphatic rings. The van der Waals surface area contributed by atoms with Crippen LogP contribution in [0.1, 0.15) is 0 Å². The van der Waals surface area contributed by atoms with Crippen LogP contribution in [-0.2, 0) is 4.79 Å². The Kier molecular flexibility index (Phi) is 2.63. The van der Waals surface area contributed by atoms with Gasteiger partial charge >= 0.3 is 0 Å². The first kappa shape index (κ1) is 5.60. The van der Waals surface area contributed by atoms with Crippen LogP contribution in [0.2, 0.25) is 13.1 Å². The molecule has 0 rings (SSSR count). The van der Waals surface area contributed by atoms with Crippen molar-refractivity contribution < 1.29 is 4.79 Å². The number of nitrogens with zero attached hydrogens (tertiary/aromatic N) is 1. The van der Waals surface area contributed by atoms with E-state index in [1.807, 2.05) is 13.1 Å². The predicted octanol–water partition coefficient (Wildman–Crippen LogP) is 0.306. The van der Waals surface area contributed by atoms with Gasteiger partial charge in [0.15, 0.2) is 8.96 Å². The van der Waals surface area contributed by atoms with Crippen molar-refractivity contribution in [2.24, 2.45) is 4.66 Å². The highest BCUT2D eigenvalue weighted by molar-refractivity contribution is 6.54. The molecule has 0 aliphatic heterocycles. The van der Waals surface area contributed by atoms with Crippen LogP contribution in [0.5, 0.6) is 0 Å². The summed E-state index contributed by atoms with van der Waals surface area (Å²) in [7, 11) is -0.969. The van der Waals surface area contributed by atoms with Gasteiger partial charge in [0, 0.05) is 0 Å². The van der Waals surface area contributed by atoms with Gasteiger partial charge in [-0.25, -0.2) is 4.79 Å². The summed E-state index contributed by atoms with van der Waals surface area (Å²) in [6.07, 6.45) is 1.50. The minimum atomic E-state index is -0.969. The molecule has 2 nitrogen and oxygen atoms in total. The molecule has 34 valence electrons. The summed E-state index contributed by atoms with van der Waals surface area (Å²) in [4.78, 5) is 9.36. The largest absolute Gasteiger partial charge is 0.252 e. The van der Waals surface area contributed by atoms with Crippen LogP contribution in [0.25, 0.3) is 0 Å². The number of hydrogen-bond donors (Lipinski definition) is 0. The first-order valence-electron chi connectivity index (χ1n) is 1.84. The minimum Gasteiger partial charge on any atom is -0.252 e. The molecule has 0 aromatic rings. The smallest absolute Gasteiger partial charge is 0.224 e. The summed E-state index contributed by atoms with van der Waals surface area (Å²) in [6, 6.07) is 0. The number of rotatable bonds is 1. The SMILES string of the molecule is C[SiH](C)N=C=O. The molecule has 0 bridgehead atoms. The van der Waals surface area contributed by atoms with Gasteiger partial charge in [0.25, 0.3) is 0 Å². The second kappa shape index (κ2) is 2.81. The monoisotopic (exact) mass is 101 g/mol. The molecule has 0 heterocycles. The van der Waals surface area contributed by atoms with E-state index in [9.17, 15) is 4.79 Å². The Hall–Kier alpha value is -0.403. The molecule has 0 aromatic heterocycles. The fourth-order valence-electron chi connectivity index (χ4n) is 0.105. The quantitative estimate of drug-likeness (QED) is 0.265. The maximum atomic E-state index is 9.36. The van der Waals surface area contributed by atoms with Crippen LogP contribution in [0.15, 0.2) is 4.66 Å². The van der Waals surface area contributed by atoms with Gasteiger partial charge in [0.05, 0.1) is 0 Å². The van der Waals surface area contributed by atoms with E-state index in [-0.39, 0.29) is 0 Å². The van der Waals surface area contributed by atoms with Crippen molar-refractivity contribution in [3.05, 3.63) is 0 Å². The molecule has 0 aliphatic carbocycles. The Morgan fingerprint density at radius 1 is 1.67 bits per heavy atom. The zero-order valence-electron chi connectivity index (χ0n) is 3.93. The molecule has 0 unspecified atom stereocenters. The molecule has 0 atom stereocenters. The van der Waals surface area contributed by atoms with Crippen molar-refractivity contribution in [3.8, 4) is 0 Å². The van der Waals surface area contributed by atoms with Gasteiger partial charge in [-0.15, -0.1) is 0 Å². The van der Waals surface area contributed by atoms with Crippen molar-refractivity contribution in [1.82, 2.24) is 0 Å². The molecule has 0 N–H and O–H groups in total. The lowest BCUT2D eigenvalue weighted by molar-refractivity contribution is 0.566. The summed E-state index contributed by atoms with van der Waals surface area (Å²) >= 11 is 0. The van der Waals surface area contributed by atoms with E-state index in [1.165, 1.54) is 6.08 Å². The fraction of sp³-hybridized carbons (Fsp3) is 0.667. The number of hydrogen-bond acceptors (Lipinski definition) is 2. The second-order valence-electron chi connectivity index (χ2n) is 1.31. The lowest BCUT2D eigenvalue weighted by atomic mass is 11.7. The maximum Gasteiger partial charge on any atom is 0.224 e. The molecule has 0 amide bonds. The second-order valence-corrected chi connectivity index (χ2v) is 3.76. The number of isocyanates is 1. The highest BCUT2D eigenvalue weighted by Crippen LogP contribution is 1.73. The van der Waals surface area contributed by atoms with Crippen LogP contribution < -0.4 is 0 Å². The van der Waals surface area contributed by atoms with Gasteiger partial charge in [0.2, 0.25) is 6.08 Å². The molecular weight excluding hydrogens is 94.1 g/mol. The van der Waals surface area contributed by atoms with Gasteiger partial charge in [-0.3, -0.25) is 4.66 Å². The maximum absolute atomic E-state index is 9.36. The summed E-state index contributed by atoms with van der Waals surface area (Å²) in [5.41, 5.74) is 0. The molecule has 3 heteroatoms. The van der Waals surface area contributed by atoms with Gasteiger partial charge < -0.3 is 0 Å². The van der Waals surface area contributed by atoms with Crippen LogP contribution in [-0.4, -0.2) is 15.0 Å². The van der Waals surface area contributed by atoms with E-state index in [0.717, 1.165) is 0 Å². The Morgan fingerprint density at radius 2 is 2.17 bits per heavy atom. The van der Waals surface area contributed by atoms with Crippen molar-refractivity contribution in [2.45, 2.75) is 13.1 Å². The zero-order valence-corrected chi connectivity index (χ0v) is 5.09. The van der Waals surface area contributed by atoms with Gasteiger partial charge in [0.1, 0.15) is 0 Å². The molecule has 0 saturated carbocycles. The Morgan fingerprint density at radius 3 is 2.17 bits per heavy atom. The van der Waals surface area contributed by atoms with Crippen LogP contribution in [0.3, 0.4) is 0 Å². The van der Waals surface area contributed by atoms with Gasteiger partial charge in [-0.05, 0) is 0 Å². The van der Waals surface area contributed by atoms with Crippen molar-refractivity contribution in [1.29, 1.82) is 0 Å². The summed E-state index contributed by atoms with van der Waals surface area (Å²) in [5, 5.41) is 0. The third-order valence-corrected chi connectivity index (χ3v) is 0.933. The van der Waals surface area contributed by atoms with E-state index in [0.29, 0.717) is 0 Å². The summed E-state index contributed by atoms with van der Waals surface area (Å²) < 4.78 is 3.46. The summed E-state index contributed by atoms with van der Waals surface area (Å²) in [6.45, 7) is 3.93. The van der Waals surface area contributed by atoms with E-state index < -0.39 is 8.96 Å². The average Bonchev–Trinajstić information content (AvgIpc) is 1.35. The molecule has 0 aromatic carbocycles. The normalized spacial score (nSPS) is 7.83.